The number of aromatic nitrogens is 1. The zero-order valence-corrected chi connectivity index (χ0v) is 16.6. The normalized spacial score (nSPS) is 15.3. The Balaban J connectivity index is 1.63. The highest BCUT2D eigenvalue weighted by Crippen LogP contribution is 2.29. The molecular formula is C19H23N3O5S. The number of amides is 1. The van der Waals surface area contributed by atoms with Crippen LogP contribution in [-0.4, -0.2) is 57.6 Å². The number of likely N-dealkylation sites (tertiary alicyclic amines) is 1. The fraction of sp³-hybridized carbons (Fsp3) is 0.368. The Morgan fingerprint density at radius 3 is 2.32 bits per heavy atom. The summed E-state index contributed by atoms with van der Waals surface area (Å²) in [6, 6.07) is 7.58. The van der Waals surface area contributed by atoms with E-state index >= 15 is 0 Å². The van der Waals surface area contributed by atoms with Crippen molar-refractivity contribution in [2.75, 3.05) is 27.3 Å². The number of carbonyl (C=O) groups excluding carboxylic acids is 1. The van der Waals surface area contributed by atoms with E-state index in [4.69, 9.17) is 9.47 Å². The summed E-state index contributed by atoms with van der Waals surface area (Å²) in [6.07, 6.45) is 4.25. The van der Waals surface area contributed by atoms with Crippen LogP contribution >= 0.6 is 0 Å². The third kappa shape index (κ3) is 4.42. The predicted molar refractivity (Wildman–Crippen MR) is 103 cm³/mol. The summed E-state index contributed by atoms with van der Waals surface area (Å²) in [6.45, 7) is 0.973. The number of piperidine rings is 1. The molecule has 2 heterocycles. The van der Waals surface area contributed by atoms with E-state index in [1.165, 1.54) is 26.4 Å². The maximum Gasteiger partial charge on any atom is 0.253 e. The minimum absolute atomic E-state index is 0.0661. The van der Waals surface area contributed by atoms with Crippen LogP contribution in [0.25, 0.3) is 0 Å². The molecule has 1 aliphatic rings. The molecule has 0 atom stereocenters. The van der Waals surface area contributed by atoms with Crippen molar-refractivity contribution >= 4 is 15.9 Å². The number of hydrogen-bond donors (Lipinski definition) is 1. The summed E-state index contributed by atoms with van der Waals surface area (Å²) in [5.74, 6) is 0.746. The van der Waals surface area contributed by atoms with Gasteiger partial charge in [-0.1, -0.05) is 0 Å². The topological polar surface area (TPSA) is 97.8 Å². The van der Waals surface area contributed by atoms with Crippen LogP contribution in [0.15, 0.2) is 47.6 Å². The molecule has 1 saturated heterocycles. The summed E-state index contributed by atoms with van der Waals surface area (Å²) >= 11 is 0. The van der Waals surface area contributed by atoms with Gasteiger partial charge in [0, 0.05) is 43.2 Å². The monoisotopic (exact) mass is 405 g/mol. The van der Waals surface area contributed by atoms with E-state index in [2.05, 4.69) is 9.71 Å². The van der Waals surface area contributed by atoms with Gasteiger partial charge in [0.25, 0.3) is 5.91 Å². The largest absolute Gasteiger partial charge is 0.493 e. The lowest BCUT2D eigenvalue weighted by molar-refractivity contribution is 0.0711. The van der Waals surface area contributed by atoms with Gasteiger partial charge in [-0.25, -0.2) is 13.1 Å². The molecule has 1 N–H and O–H groups in total. The Bertz CT molecular complexity index is 926. The lowest BCUT2D eigenvalue weighted by atomic mass is 10.1. The van der Waals surface area contributed by atoms with E-state index in [1.54, 1.807) is 35.5 Å². The van der Waals surface area contributed by atoms with Gasteiger partial charge in [-0.05, 0) is 37.1 Å². The van der Waals surface area contributed by atoms with Crippen molar-refractivity contribution in [3.8, 4) is 11.5 Å². The predicted octanol–water partition coefficient (Wildman–Crippen LogP) is 1.68. The molecule has 0 saturated carbocycles. The lowest BCUT2D eigenvalue weighted by Gasteiger charge is -2.32. The highest BCUT2D eigenvalue weighted by atomic mass is 32.2. The molecule has 0 aliphatic carbocycles. The number of methoxy groups -OCH3 is 2. The summed E-state index contributed by atoms with van der Waals surface area (Å²) in [5, 5.41) is 0. The number of hydrogen-bond acceptors (Lipinski definition) is 6. The molecule has 150 valence electrons. The minimum Gasteiger partial charge on any atom is -0.493 e. The minimum atomic E-state index is -3.70. The number of nitrogens with one attached hydrogen (secondary N) is 1. The number of nitrogens with zero attached hydrogens (tertiary/aromatic N) is 2. The van der Waals surface area contributed by atoms with Crippen molar-refractivity contribution in [3.63, 3.8) is 0 Å². The third-order valence-electron chi connectivity index (χ3n) is 4.70. The summed E-state index contributed by atoms with van der Waals surface area (Å²) in [5.41, 5.74) is 0.583. The summed E-state index contributed by atoms with van der Waals surface area (Å²) < 4.78 is 38.5. The molecule has 1 aromatic heterocycles. The van der Waals surface area contributed by atoms with E-state index < -0.39 is 10.0 Å². The maximum absolute atomic E-state index is 12.7. The van der Waals surface area contributed by atoms with Gasteiger partial charge in [0.1, 0.15) is 0 Å². The van der Waals surface area contributed by atoms with Gasteiger partial charge in [0.05, 0.1) is 19.1 Å². The van der Waals surface area contributed by atoms with Gasteiger partial charge in [-0.3, -0.25) is 9.78 Å². The number of carbonyl (C=O) groups is 1. The molecule has 1 fully saturated rings. The van der Waals surface area contributed by atoms with Crippen molar-refractivity contribution in [3.05, 3.63) is 48.3 Å². The van der Waals surface area contributed by atoms with Crippen molar-refractivity contribution in [2.24, 2.45) is 0 Å². The molecule has 1 aromatic carbocycles. The number of ether oxygens (including phenoxy) is 2. The van der Waals surface area contributed by atoms with Crippen LogP contribution in [0, 0.1) is 0 Å². The second-order valence-corrected chi connectivity index (χ2v) is 8.15. The van der Waals surface area contributed by atoms with Gasteiger partial charge in [0.2, 0.25) is 10.0 Å². The molecule has 28 heavy (non-hydrogen) atoms. The van der Waals surface area contributed by atoms with Gasteiger partial charge in [-0.2, -0.15) is 0 Å². The smallest absolute Gasteiger partial charge is 0.253 e. The van der Waals surface area contributed by atoms with Crippen molar-refractivity contribution in [1.29, 1.82) is 0 Å². The second-order valence-electron chi connectivity index (χ2n) is 6.44. The van der Waals surface area contributed by atoms with E-state index in [-0.39, 0.29) is 16.8 Å². The number of sulfonamides is 1. The molecule has 0 bridgehead atoms. The average Bonchev–Trinajstić information content (AvgIpc) is 2.73. The lowest BCUT2D eigenvalue weighted by Crippen LogP contribution is -2.46. The first-order valence-electron chi connectivity index (χ1n) is 8.88. The Kier molecular flexibility index (Phi) is 6.15. The van der Waals surface area contributed by atoms with E-state index in [0.29, 0.717) is 43.0 Å². The van der Waals surface area contributed by atoms with Crippen LogP contribution in [0.2, 0.25) is 0 Å². The quantitative estimate of drug-likeness (QED) is 0.785. The SMILES string of the molecule is COc1ccc(S(=O)(=O)NC2CCN(C(=O)c3ccncc3)CC2)cc1OC. The fourth-order valence-corrected chi connectivity index (χ4v) is 4.47. The van der Waals surface area contributed by atoms with Crippen LogP contribution in [-0.2, 0) is 10.0 Å². The highest BCUT2D eigenvalue weighted by Gasteiger charge is 2.27. The first-order valence-corrected chi connectivity index (χ1v) is 10.4. The molecule has 3 rings (SSSR count). The standard InChI is InChI=1S/C19H23N3O5S/c1-26-17-4-3-16(13-18(17)27-2)28(24,25)21-15-7-11-22(12-8-15)19(23)14-5-9-20-10-6-14/h3-6,9-10,13,15,21H,7-8,11-12H2,1-2H3. The van der Waals surface area contributed by atoms with Crippen LogP contribution in [0.4, 0.5) is 0 Å². The maximum atomic E-state index is 12.7. The molecule has 0 unspecified atom stereocenters. The van der Waals surface area contributed by atoms with Gasteiger partial charge >= 0.3 is 0 Å². The number of rotatable bonds is 6. The molecule has 2 aromatic rings. The summed E-state index contributed by atoms with van der Waals surface area (Å²) in [7, 11) is -0.758. The molecule has 1 amide bonds. The van der Waals surface area contributed by atoms with E-state index in [9.17, 15) is 13.2 Å². The van der Waals surface area contributed by atoms with E-state index in [0.717, 1.165) is 0 Å². The molecule has 8 nitrogen and oxygen atoms in total. The average molecular weight is 405 g/mol. The van der Waals surface area contributed by atoms with Crippen LogP contribution in [0.5, 0.6) is 11.5 Å². The molecular weight excluding hydrogens is 382 g/mol. The van der Waals surface area contributed by atoms with E-state index in [1.807, 2.05) is 0 Å². The number of pyridine rings is 1. The van der Waals surface area contributed by atoms with Crippen molar-refractivity contribution < 1.29 is 22.7 Å². The Morgan fingerprint density at radius 1 is 1.07 bits per heavy atom. The Hall–Kier alpha value is -2.65. The van der Waals surface area contributed by atoms with Gasteiger partial charge in [-0.15, -0.1) is 0 Å². The van der Waals surface area contributed by atoms with Crippen LogP contribution in [0.3, 0.4) is 0 Å². The molecule has 9 heteroatoms. The number of benzene rings is 1. The van der Waals surface area contributed by atoms with Crippen LogP contribution in [0.1, 0.15) is 23.2 Å². The van der Waals surface area contributed by atoms with Gasteiger partial charge < -0.3 is 14.4 Å². The fourth-order valence-electron chi connectivity index (χ4n) is 3.15. The van der Waals surface area contributed by atoms with Gasteiger partial charge in [0.15, 0.2) is 11.5 Å². The van der Waals surface area contributed by atoms with Crippen LogP contribution < -0.4 is 14.2 Å². The molecule has 0 spiro atoms. The first-order chi connectivity index (χ1) is 13.4. The second kappa shape index (κ2) is 8.57. The zero-order valence-electron chi connectivity index (χ0n) is 15.8. The highest BCUT2D eigenvalue weighted by molar-refractivity contribution is 7.89. The van der Waals surface area contributed by atoms with Crippen molar-refractivity contribution in [1.82, 2.24) is 14.6 Å². The molecule has 0 radical (unpaired) electrons. The Labute approximate surface area is 164 Å². The summed E-state index contributed by atoms with van der Waals surface area (Å²) in [4.78, 5) is 18.2. The van der Waals surface area contributed by atoms with Crippen molar-refractivity contribution in [2.45, 2.75) is 23.8 Å². The first kappa shape index (κ1) is 20.1. The third-order valence-corrected chi connectivity index (χ3v) is 6.21. The zero-order chi connectivity index (χ0) is 20.1. The molecule has 1 aliphatic heterocycles. The Morgan fingerprint density at radius 2 is 1.71 bits per heavy atom.